The molecule has 3 aromatic rings. The molecule has 1 aliphatic heterocycles. The number of amides is 1. The van der Waals surface area contributed by atoms with Gasteiger partial charge in [0, 0.05) is 30.2 Å². The lowest BCUT2D eigenvalue weighted by Crippen LogP contribution is -2.40. The second-order valence-corrected chi connectivity index (χ2v) is 8.14. The summed E-state index contributed by atoms with van der Waals surface area (Å²) in [5.41, 5.74) is 2.06. The van der Waals surface area contributed by atoms with E-state index < -0.39 is 0 Å². The van der Waals surface area contributed by atoms with Crippen molar-refractivity contribution in [3.8, 4) is 5.75 Å². The highest BCUT2D eigenvalue weighted by Gasteiger charge is 2.26. The third-order valence-electron chi connectivity index (χ3n) is 5.48. The normalized spacial score (nSPS) is 16.2. The number of nitrogens with one attached hydrogen (secondary N) is 1. The molecular formula is C21H26N4O2S. The molecule has 3 heterocycles. The van der Waals surface area contributed by atoms with Crippen molar-refractivity contribution in [2.75, 3.05) is 26.7 Å². The summed E-state index contributed by atoms with van der Waals surface area (Å²) in [5.74, 6) is 0.836. The first-order chi connectivity index (χ1) is 13.7. The van der Waals surface area contributed by atoms with Crippen LogP contribution < -0.4 is 10.1 Å². The minimum atomic E-state index is -0.0371. The number of nitrogens with zero attached hydrogens (tertiary/aromatic N) is 3. The van der Waals surface area contributed by atoms with Crippen molar-refractivity contribution in [3.05, 3.63) is 52.8 Å². The number of thiazole rings is 1. The Balaban J connectivity index is 1.56. The summed E-state index contributed by atoms with van der Waals surface area (Å²) in [7, 11) is 1.70. The Morgan fingerprint density at radius 3 is 2.82 bits per heavy atom. The highest BCUT2D eigenvalue weighted by atomic mass is 32.1. The monoisotopic (exact) mass is 398 g/mol. The molecule has 1 atom stereocenters. The molecule has 0 saturated carbocycles. The van der Waals surface area contributed by atoms with Gasteiger partial charge >= 0.3 is 0 Å². The summed E-state index contributed by atoms with van der Waals surface area (Å²) < 4.78 is 7.57. The summed E-state index contributed by atoms with van der Waals surface area (Å²) in [4.78, 5) is 21.3. The third-order valence-corrected chi connectivity index (χ3v) is 6.65. The number of hydrogen-bond donors (Lipinski definition) is 1. The molecule has 28 heavy (non-hydrogen) atoms. The van der Waals surface area contributed by atoms with Crippen molar-refractivity contribution in [2.24, 2.45) is 0 Å². The lowest BCUT2D eigenvalue weighted by atomic mass is 10.0. The maximum atomic E-state index is 12.9. The van der Waals surface area contributed by atoms with Gasteiger partial charge < -0.3 is 10.1 Å². The summed E-state index contributed by atoms with van der Waals surface area (Å²) in [6, 6.07) is 8.22. The highest BCUT2D eigenvalue weighted by Crippen LogP contribution is 2.31. The van der Waals surface area contributed by atoms with Crippen LogP contribution in [0, 0.1) is 6.92 Å². The lowest BCUT2D eigenvalue weighted by Gasteiger charge is -2.35. The molecular weight excluding hydrogens is 372 g/mol. The van der Waals surface area contributed by atoms with Crippen molar-refractivity contribution >= 4 is 22.2 Å². The van der Waals surface area contributed by atoms with Crippen LogP contribution in [0.5, 0.6) is 5.75 Å². The van der Waals surface area contributed by atoms with Gasteiger partial charge in [0.05, 0.1) is 13.2 Å². The summed E-state index contributed by atoms with van der Waals surface area (Å²) in [6.45, 7) is 4.61. The van der Waals surface area contributed by atoms with Gasteiger partial charge in [0.15, 0.2) is 4.96 Å². The van der Waals surface area contributed by atoms with Crippen molar-refractivity contribution < 1.29 is 9.53 Å². The summed E-state index contributed by atoms with van der Waals surface area (Å²) >= 11 is 1.43. The topological polar surface area (TPSA) is 58.9 Å². The Morgan fingerprint density at radius 1 is 1.29 bits per heavy atom. The first-order valence-corrected chi connectivity index (χ1v) is 10.6. The molecule has 1 amide bonds. The number of carbonyl (C=O) groups is 1. The zero-order valence-electron chi connectivity index (χ0n) is 16.4. The molecule has 4 rings (SSSR count). The van der Waals surface area contributed by atoms with Gasteiger partial charge in [0.1, 0.15) is 10.6 Å². The van der Waals surface area contributed by atoms with E-state index in [-0.39, 0.29) is 11.9 Å². The standard InChI is InChI=1S/C21H26N4O2S/c1-15-19(28-21-22-10-13-25(15)21)20(26)23-14-17(24-11-6-3-7-12-24)16-8-4-5-9-18(16)27-2/h4-5,8-10,13,17H,3,6-7,11-12,14H2,1-2H3,(H,23,26). The first-order valence-electron chi connectivity index (χ1n) is 9.76. The van der Waals surface area contributed by atoms with Gasteiger partial charge in [0.25, 0.3) is 5.91 Å². The molecule has 7 heteroatoms. The van der Waals surface area contributed by atoms with Gasteiger partial charge in [-0.25, -0.2) is 4.98 Å². The van der Waals surface area contributed by atoms with E-state index in [1.807, 2.05) is 35.7 Å². The number of rotatable bonds is 6. The van der Waals surface area contributed by atoms with Crippen LogP contribution in [-0.4, -0.2) is 46.9 Å². The minimum Gasteiger partial charge on any atom is -0.496 e. The smallest absolute Gasteiger partial charge is 0.263 e. The van der Waals surface area contributed by atoms with E-state index in [0.717, 1.165) is 39.9 Å². The molecule has 1 fully saturated rings. The number of imidazole rings is 1. The molecule has 1 aromatic carbocycles. The van der Waals surface area contributed by atoms with Crippen LogP contribution in [-0.2, 0) is 0 Å². The maximum Gasteiger partial charge on any atom is 0.263 e. The Bertz CT molecular complexity index is 958. The molecule has 0 aliphatic carbocycles. The average molecular weight is 399 g/mol. The van der Waals surface area contributed by atoms with Crippen LogP contribution in [0.2, 0.25) is 0 Å². The Kier molecular flexibility index (Phi) is 5.64. The molecule has 2 aromatic heterocycles. The van der Waals surface area contributed by atoms with Gasteiger partial charge in [-0.05, 0) is 38.9 Å². The quantitative estimate of drug-likeness (QED) is 0.688. The van der Waals surface area contributed by atoms with Crippen LogP contribution in [0.1, 0.15) is 46.2 Å². The van der Waals surface area contributed by atoms with Crippen molar-refractivity contribution in [3.63, 3.8) is 0 Å². The molecule has 1 N–H and O–H groups in total. The zero-order valence-corrected chi connectivity index (χ0v) is 17.2. The second-order valence-electron chi connectivity index (χ2n) is 7.16. The van der Waals surface area contributed by atoms with E-state index in [4.69, 9.17) is 4.74 Å². The van der Waals surface area contributed by atoms with E-state index in [9.17, 15) is 4.79 Å². The van der Waals surface area contributed by atoms with Gasteiger partial charge in [0.2, 0.25) is 0 Å². The first kappa shape index (κ1) is 19.0. The molecule has 148 valence electrons. The molecule has 1 aliphatic rings. The Labute approximate surface area is 169 Å². The molecule has 6 nitrogen and oxygen atoms in total. The number of carbonyl (C=O) groups excluding carboxylic acids is 1. The Morgan fingerprint density at radius 2 is 2.07 bits per heavy atom. The van der Waals surface area contributed by atoms with Gasteiger partial charge in [-0.2, -0.15) is 0 Å². The molecule has 0 radical (unpaired) electrons. The third kappa shape index (κ3) is 3.64. The number of aryl methyl sites for hydroxylation is 1. The molecule has 1 saturated heterocycles. The fourth-order valence-corrected chi connectivity index (χ4v) is 4.99. The van der Waals surface area contributed by atoms with Crippen molar-refractivity contribution in [2.45, 2.75) is 32.2 Å². The maximum absolute atomic E-state index is 12.9. The molecule has 0 spiro atoms. The number of fused-ring (bicyclic) bond motifs is 1. The van der Waals surface area contributed by atoms with Crippen LogP contribution in [0.15, 0.2) is 36.7 Å². The van der Waals surface area contributed by atoms with Gasteiger partial charge in [-0.1, -0.05) is 36.0 Å². The number of ether oxygens (including phenoxy) is 1. The minimum absolute atomic E-state index is 0.0371. The Hall–Kier alpha value is -2.38. The van der Waals surface area contributed by atoms with Crippen LogP contribution in [0.3, 0.4) is 0 Å². The number of hydrogen-bond acceptors (Lipinski definition) is 5. The van der Waals surface area contributed by atoms with Crippen molar-refractivity contribution in [1.82, 2.24) is 19.6 Å². The SMILES string of the molecule is COc1ccccc1C(CNC(=O)c1sc2nccn2c1C)N1CCCCC1. The van der Waals surface area contributed by atoms with E-state index in [1.165, 1.54) is 30.6 Å². The fourth-order valence-electron chi connectivity index (χ4n) is 3.98. The summed E-state index contributed by atoms with van der Waals surface area (Å²) in [5, 5.41) is 3.17. The second kappa shape index (κ2) is 8.32. The average Bonchev–Trinajstić information content (AvgIpc) is 3.32. The number of benzene rings is 1. The van der Waals surface area contributed by atoms with Gasteiger partial charge in [-0.15, -0.1) is 0 Å². The molecule has 0 bridgehead atoms. The number of para-hydroxylation sites is 1. The van der Waals surface area contributed by atoms with Crippen molar-refractivity contribution in [1.29, 1.82) is 0 Å². The predicted octanol–water partition coefficient (Wildman–Crippen LogP) is 3.67. The number of piperidine rings is 1. The van der Waals surface area contributed by atoms with Crippen LogP contribution >= 0.6 is 11.3 Å². The fraction of sp³-hybridized carbons (Fsp3) is 0.429. The largest absolute Gasteiger partial charge is 0.496 e. The zero-order chi connectivity index (χ0) is 19.5. The van der Waals surface area contributed by atoms with Crippen LogP contribution in [0.4, 0.5) is 0 Å². The van der Waals surface area contributed by atoms with E-state index in [2.05, 4.69) is 21.3 Å². The highest BCUT2D eigenvalue weighted by molar-refractivity contribution is 7.19. The van der Waals surface area contributed by atoms with E-state index in [1.54, 1.807) is 13.3 Å². The van der Waals surface area contributed by atoms with Crippen LogP contribution in [0.25, 0.3) is 4.96 Å². The number of aromatic nitrogens is 2. The summed E-state index contributed by atoms with van der Waals surface area (Å²) in [6.07, 6.45) is 7.31. The number of likely N-dealkylation sites (tertiary alicyclic amines) is 1. The predicted molar refractivity (Wildman–Crippen MR) is 111 cm³/mol. The number of methoxy groups -OCH3 is 1. The van der Waals surface area contributed by atoms with E-state index >= 15 is 0 Å². The lowest BCUT2D eigenvalue weighted by molar-refractivity contribution is 0.0926. The van der Waals surface area contributed by atoms with E-state index in [0.29, 0.717) is 6.54 Å². The van der Waals surface area contributed by atoms with Gasteiger partial charge in [-0.3, -0.25) is 14.1 Å². The molecule has 1 unspecified atom stereocenters.